The predicted molar refractivity (Wildman–Crippen MR) is 87.9 cm³/mol. The second kappa shape index (κ2) is 6.58. The lowest BCUT2D eigenvalue weighted by Crippen LogP contribution is -2.22. The number of aromatic amines is 1. The average Bonchev–Trinajstić information content (AvgIpc) is 3.04. The maximum absolute atomic E-state index is 13.5. The maximum atomic E-state index is 13.5. The van der Waals surface area contributed by atoms with E-state index in [2.05, 4.69) is 10.3 Å². The quantitative estimate of drug-likeness (QED) is 0.773. The number of carbonyl (C=O) groups excluding carboxylic acids is 1. The predicted octanol–water partition coefficient (Wildman–Crippen LogP) is 3.17. The summed E-state index contributed by atoms with van der Waals surface area (Å²) < 4.78 is 13.5. The molecular formula is C17H13FN2O2S. The van der Waals surface area contributed by atoms with Gasteiger partial charge in [0.15, 0.2) is 0 Å². The number of amides is 1. The molecule has 0 atom stereocenters. The summed E-state index contributed by atoms with van der Waals surface area (Å²) in [5.74, 6) is -0.596. The van der Waals surface area contributed by atoms with Gasteiger partial charge in [0.05, 0.1) is 4.88 Å². The molecule has 3 rings (SSSR count). The van der Waals surface area contributed by atoms with Crippen molar-refractivity contribution in [1.29, 1.82) is 0 Å². The van der Waals surface area contributed by atoms with E-state index < -0.39 is 0 Å². The lowest BCUT2D eigenvalue weighted by atomic mass is 10.2. The topological polar surface area (TPSA) is 62.0 Å². The third kappa shape index (κ3) is 3.54. The summed E-state index contributed by atoms with van der Waals surface area (Å²) in [6.07, 6.45) is 1.61. The molecule has 2 heterocycles. The maximum Gasteiger partial charge on any atom is 0.261 e. The molecule has 0 aliphatic carbocycles. The van der Waals surface area contributed by atoms with Crippen LogP contribution in [0.25, 0.3) is 10.4 Å². The molecule has 6 heteroatoms. The third-order valence-corrected chi connectivity index (χ3v) is 4.43. The Bertz CT molecular complexity index is 881. The fourth-order valence-electron chi connectivity index (χ4n) is 2.08. The minimum absolute atomic E-state index is 0.136. The molecule has 0 fully saturated rings. The molecular weight excluding hydrogens is 315 g/mol. The van der Waals surface area contributed by atoms with Gasteiger partial charge in [-0.05, 0) is 24.3 Å². The van der Waals surface area contributed by atoms with Crippen LogP contribution in [-0.4, -0.2) is 10.9 Å². The van der Waals surface area contributed by atoms with E-state index in [1.165, 1.54) is 23.5 Å². The van der Waals surface area contributed by atoms with Gasteiger partial charge in [0.2, 0.25) is 5.56 Å². The first-order chi connectivity index (χ1) is 11.1. The fraction of sp³-hybridized carbons (Fsp3) is 0.0588. The van der Waals surface area contributed by atoms with Crippen LogP contribution in [0.4, 0.5) is 4.39 Å². The average molecular weight is 328 g/mol. The van der Waals surface area contributed by atoms with Gasteiger partial charge in [-0.25, -0.2) is 4.39 Å². The Balaban J connectivity index is 1.70. The van der Waals surface area contributed by atoms with Crippen LogP contribution >= 0.6 is 11.3 Å². The Kier molecular flexibility index (Phi) is 4.34. The standard InChI is InChI=1S/C17H13FN2O2S/c18-13-4-2-1-3-11(13)9-20-17(22)15-7-6-14(23-15)12-5-8-16(21)19-10-12/h1-8,10H,9H2,(H,19,21)(H,20,22). The number of pyridine rings is 1. The van der Waals surface area contributed by atoms with Gasteiger partial charge in [0.1, 0.15) is 5.82 Å². The first kappa shape index (κ1) is 15.2. The van der Waals surface area contributed by atoms with Crippen LogP contribution in [0.5, 0.6) is 0 Å². The minimum atomic E-state index is -0.340. The highest BCUT2D eigenvalue weighted by Gasteiger charge is 2.11. The van der Waals surface area contributed by atoms with Gasteiger partial charge in [-0.2, -0.15) is 0 Å². The van der Waals surface area contributed by atoms with Crippen molar-refractivity contribution in [2.45, 2.75) is 6.54 Å². The largest absolute Gasteiger partial charge is 0.347 e. The van der Waals surface area contributed by atoms with E-state index in [9.17, 15) is 14.0 Å². The fourth-order valence-corrected chi connectivity index (χ4v) is 3.00. The van der Waals surface area contributed by atoms with Crippen molar-refractivity contribution in [3.8, 4) is 10.4 Å². The van der Waals surface area contributed by atoms with E-state index in [1.807, 2.05) is 6.07 Å². The first-order valence-corrected chi connectivity index (χ1v) is 7.76. The van der Waals surface area contributed by atoms with Gasteiger partial charge in [-0.1, -0.05) is 18.2 Å². The number of H-pyrrole nitrogens is 1. The van der Waals surface area contributed by atoms with E-state index >= 15 is 0 Å². The number of thiophene rings is 1. The van der Waals surface area contributed by atoms with Crippen LogP contribution in [0.2, 0.25) is 0 Å². The summed E-state index contributed by atoms with van der Waals surface area (Å²) in [4.78, 5) is 27.2. The number of rotatable bonds is 4. The van der Waals surface area contributed by atoms with Gasteiger partial charge in [0, 0.05) is 34.8 Å². The molecule has 2 N–H and O–H groups in total. The van der Waals surface area contributed by atoms with E-state index in [0.29, 0.717) is 10.4 Å². The van der Waals surface area contributed by atoms with Crippen molar-refractivity contribution in [2.24, 2.45) is 0 Å². The number of hydrogen-bond donors (Lipinski definition) is 2. The number of hydrogen-bond acceptors (Lipinski definition) is 3. The van der Waals surface area contributed by atoms with Crippen LogP contribution in [0, 0.1) is 5.82 Å². The summed E-state index contributed by atoms with van der Waals surface area (Å²) in [7, 11) is 0. The van der Waals surface area contributed by atoms with Crippen molar-refractivity contribution < 1.29 is 9.18 Å². The molecule has 0 saturated carbocycles. The minimum Gasteiger partial charge on any atom is -0.347 e. The Hall–Kier alpha value is -2.73. The molecule has 0 spiro atoms. The Morgan fingerprint density at radius 3 is 2.70 bits per heavy atom. The van der Waals surface area contributed by atoms with Crippen LogP contribution in [0.3, 0.4) is 0 Å². The van der Waals surface area contributed by atoms with Crippen molar-refractivity contribution in [1.82, 2.24) is 10.3 Å². The van der Waals surface area contributed by atoms with Crippen LogP contribution in [0.15, 0.2) is 59.5 Å². The van der Waals surface area contributed by atoms with Gasteiger partial charge in [-0.3, -0.25) is 9.59 Å². The molecule has 0 aliphatic rings. The summed E-state index contributed by atoms with van der Waals surface area (Å²) in [5.41, 5.74) is 1.11. The molecule has 0 aliphatic heterocycles. The molecule has 0 unspecified atom stereocenters. The van der Waals surface area contributed by atoms with E-state index in [1.54, 1.807) is 36.5 Å². The molecule has 23 heavy (non-hydrogen) atoms. The van der Waals surface area contributed by atoms with Crippen LogP contribution in [0.1, 0.15) is 15.2 Å². The highest BCUT2D eigenvalue weighted by atomic mass is 32.1. The van der Waals surface area contributed by atoms with Gasteiger partial charge >= 0.3 is 0 Å². The molecule has 116 valence electrons. The van der Waals surface area contributed by atoms with E-state index in [0.717, 1.165) is 10.4 Å². The molecule has 0 bridgehead atoms. The van der Waals surface area contributed by atoms with Crippen molar-refractivity contribution in [3.63, 3.8) is 0 Å². The normalized spacial score (nSPS) is 10.5. The zero-order valence-electron chi connectivity index (χ0n) is 12.0. The molecule has 1 amide bonds. The molecule has 3 aromatic rings. The molecule has 0 saturated heterocycles. The Labute approximate surface area is 135 Å². The second-order valence-corrected chi connectivity index (χ2v) is 5.96. The second-order valence-electron chi connectivity index (χ2n) is 4.88. The Morgan fingerprint density at radius 2 is 1.96 bits per heavy atom. The van der Waals surface area contributed by atoms with E-state index in [4.69, 9.17) is 0 Å². The third-order valence-electron chi connectivity index (χ3n) is 3.30. The number of nitrogens with one attached hydrogen (secondary N) is 2. The molecule has 0 radical (unpaired) electrons. The molecule has 4 nitrogen and oxygen atoms in total. The van der Waals surface area contributed by atoms with Gasteiger partial charge in [-0.15, -0.1) is 11.3 Å². The summed E-state index contributed by atoms with van der Waals surface area (Å²) in [5, 5.41) is 2.70. The zero-order valence-corrected chi connectivity index (χ0v) is 12.8. The van der Waals surface area contributed by atoms with E-state index in [-0.39, 0.29) is 23.8 Å². The summed E-state index contributed by atoms with van der Waals surface area (Å²) >= 11 is 1.31. The molecule has 2 aromatic heterocycles. The van der Waals surface area contributed by atoms with Crippen molar-refractivity contribution in [3.05, 3.63) is 81.3 Å². The number of aromatic nitrogens is 1. The number of benzene rings is 1. The smallest absolute Gasteiger partial charge is 0.261 e. The monoisotopic (exact) mass is 328 g/mol. The van der Waals surface area contributed by atoms with Crippen LogP contribution in [-0.2, 0) is 6.54 Å². The van der Waals surface area contributed by atoms with Crippen molar-refractivity contribution in [2.75, 3.05) is 0 Å². The van der Waals surface area contributed by atoms with Crippen LogP contribution < -0.4 is 10.9 Å². The summed E-state index contributed by atoms with van der Waals surface area (Å²) in [6, 6.07) is 13.0. The number of halogens is 1. The highest BCUT2D eigenvalue weighted by molar-refractivity contribution is 7.17. The highest BCUT2D eigenvalue weighted by Crippen LogP contribution is 2.27. The summed E-state index contributed by atoms with van der Waals surface area (Å²) in [6.45, 7) is 0.136. The SMILES string of the molecule is O=C(NCc1ccccc1F)c1ccc(-c2ccc(=O)[nH]c2)s1. The van der Waals surface area contributed by atoms with Gasteiger partial charge in [0.25, 0.3) is 5.91 Å². The van der Waals surface area contributed by atoms with Crippen molar-refractivity contribution >= 4 is 17.2 Å². The zero-order chi connectivity index (χ0) is 16.2. The lowest BCUT2D eigenvalue weighted by Gasteiger charge is -2.04. The Morgan fingerprint density at radius 1 is 1.13 bits per heavy atom. The van der Waals surface area contributed by atoms with Gasteiger partial charge < -0.3 is 10.3 Å². The lowest BCUT2D eigenvalue weighted by molar-refractivity contribution is 0.0954. The molecule has 1 aromatic carbocycles. The first-order valence-electron chi connectivity index (χ1n) is 6.94. The number of carbonyl (C=O) groups is 1.